The van der Waals surface area contributed by atoms with Gasteiger partial charge in [-0.15, -0.1) is 0 Å². The molecule has 0 amide bonds. The standard InChI is InChI=1S/C20H20N4O2/c1-11(7-15-10-26-19-17(15)18(21)23-20(22)24-19)12-3-4-14-9-16(25-2)6-5-13(14)8-12/h3-6,8-11H,7H2,1-2H3,(H4,21,22,23,24). The molecule has 0 aliphatic rings. The van der Waals surface area contributed by atoms with Gasteiger partial charge in [0, 0.05) is 5.56 Å². The molecule has 0 radical (unpaired) electrons. The van der Waals surface area contributed by atoms with Crippen molar-refractivity contribution in [3.05, 3.63) is 53.8 Å². The normalized spacial score (nSPS) is 12.5. The summed E-state index contributed by atoms with van der Waals surface area (Å²) in [6, 6.07) is 12.6. The van der Waals surface area contributed by atoms with Crippen LogP contribution in [-0.4, -0.2) is 17.1 Å². The van der Waals surface area contributed by atoms with E-state index in [4.69, 9.17) is 20.6 Å². The Morgan fingerprint density at radius 1 is 1.08 bits per heavy atom. The first kappa shape index (κ1) is 16.2. The number of rotatable bonds is 4. The van der Waals surface area contributed by atoms with Crippen LogP contribution in [0.15, 0.2) is 47.1 Å². The van der Waals surface area contributed by atoms with Gasteiger partial charge in [0.1, 0.15) is 11.6 Å². The monoisotopic (exact) mass is 348 g/mol. The fourth-order valence-electron chi connectivity index (χ4n) is 3.32. The van der Waals surface area contributed by atoms with Crippen LogP contribution in [0, 0.1) is 0 Å². The van der Waals surface area contributed by atoms with Gasteiger partial charge in [0.05, 0.1) is 18.8 Å². The maximum atomic E-state index is 6.02. The smallest absolute Gasteiger partial charge is 0.233 e. The van der Waals surface area contributed by atoms with Gasteiger partial charge < -0.3 is 20.6 Å². The number of furan rings is 1. The number of nitrogen functional groups attached to an aromatic ring is 2. The number of hydrogen-bond acceptors (Lipinski definition) is 6. The number of benzene rings is 2. The van der Waals surface area contributed by atoms with Crippen molar-refractivity contribution in [2.75, 3.05) is 18.6 Å². The molecule has 4 N–H and O–H groups in total. The average Bonchev–Trinajstić information content (AvgIpc) is 3.03. The van der Waals surface area contributed by atoms with Crippen LogP contribution in [-0.2, 0) is 6.42 Å². The summed E-state index contributed by atoms with van der Waals surface area (Å²) in [5.74, 6) is 1.61. The highest BCUT2D eigenvalue weighted by Gasteiger charge is 2.16. The van der Waals surface area contributed by atoms with Gasteiger partial charge >= 0.3 is 0 Å². The number of hydrogen-bond donors (Lipinski definition) is 2. The van der Waals surface area contributed by atoms with E-state index in [-0.39, 0.29) is 11.9 Å². The van der Waals surface area contributed by atoms with Crippen molar-refractivity contribution in [2.24, 2.45) is 0 Å². The van der Waals surface area contributed by atoms with Crippen molar-refractivity contribution >= 4 is 33.6 Å². The van der Waals surface area contributed by atoms with Crippen LogP contribution in [0.25, 0.3) is 21.9 Å². The minimum Gasteiger partial charge on any atom is -0.497 e. The molecule has 132 valence electrons. The first-order chi connectivity index (χ1) is 12.5. The second kappa shape index (κ2) is 6.22. The minimum atomic E-state index is 0.119. The lowest BCUT2D eigenvalue weighted by Gasteiger charge is -2.13. The first-order valence-corrected chi connectivity index (χ1v) is 8.42. The molecule has 2 aromatic carbocycles. The number of nitrogens with zero attached hydrogens (tertiary/aromatic N) is 2. The number of ether oxygens (including phenoxy) is 1. The Morgan fingerprint density at radius 3 is 2.65 bits per heavy atom. The van der Waals surface area contributed by atoms with Crippen molar-refractivity contribution in [3.8, 4) is 5.75 Å². The largest absolute Gasteiger partial charge is 0.497 e. The summed E-state index contributed by atoms with van der Waals surface area (Å²) in [6.45, 7) is 2.18. The molecule has 0 aliphatic heterocycles. The summed E-state index contributed by atoms with van der Waals surface area (Å²) in [5.41, 5.74) is 14.3. The molecule has 0 spiro atoms. The maximum Gasteiger partial charge on any atom is 0.233 e. The quantitative estimate of drug-likeness (QED) is 0.580. The first-order valence-electron chi connectivity index (χ1n) is 8.42. The van der Waals surface area contributed by atoms with Crippen molar-refractivity contribution in [2.45, 2.75) is 19.3 Å². The van der Waals surface area contributed by atoms with E-state index in [1.807, 2.05) is 12.1 Å². The number of methoxy groups -OCH3 is 1. The van der Waals surface area contributed by atoms with Crippen LogP contribution in [0.4, 0.5) is 11.8 Å². The van der Waals surface area contributed by atoms with Gasteiger partial charge in [0.15, 0.2) is 0 Å². The zero-order valence-electron chi connectivity index (χ0n) is 14.7. The number of anilines is 2. The zero-order valence-corrected chi connectivity index (χ0v) is 14.7. The predicted octanol–water partition coefficient (Wildman–Crippen LogP) is 3.90. The van der Waals surface area contributed by atoms with E-state index in [1.54, 1.807) is 13.4 Å². The van der Waals surface area contributed by atoms with Crippen LogP contribution in [0.3, 0.4) is 0 Å². The lowest BCUT2D eigenvalue weighted by Crippen LogP contribution is -2.02. The molecule has 26 heavy (non-hydrogen) atoms. The molecule has 0 fully saturated rings. The summed E-state index contributed by atoms with van der Waals surface area (Å²) in [6.07, 6.45) is 2.46. The van der Waals surface area contributed by atoms with E-state index in [9.17, 15) is 0 Å². The van der Waals surface area contributed by atoms with Crippen LogP contribution in [0.2, 0.25) is 0 Å². The van der Waals surface area contributed by atoms with Gasteiger partial charge in [-0.25, -0.2) is 0 Å². The maximum absolute atomic E-state index is 6.02. The lowest BCUT2D eigenvalue weighted by molar-refractivity contribution is 0.415. The molecule has 0 saturated heterocycles. The summed E-state index contributed by atoms with van der Waals surface area (Å²) in [5, 5.41) is 3.08. The highest BCUT2D eigenvalue weighted by atomic mass is 16.5. The molecule has 6 heteroatoms. The number of aromatic nitrogens is 2. The van der Waals surface area contributed by atoms with Gasteiger partial charge in [0.25, 0.3) is 0 Å². The van der Waals surface area contributed by atoms with E-state index in [0.717, 1.165) is 28.5 Å². The van der Waals surface area contributed by atoms with Gasteiger partial charge in [0.2, 0.25) is 11.7 Å². The number of nitrogens with two attached hydrogens (primary N) is 2. The van der Waals surface area contributed by atoms with Gasteiger partial charge in [-0.2, -0.15) is 9.97 Å². The summed E-state index contributed by atoms with van der Waals surface area (Å²) < 4.78 is 10.8. The van der Waals surface area contributed by atoms with E-state index in [0.29, 0.717) is 11.5 Å². The molecule has 4 aromatic rings. The Balaban J connectivity index is 1.66. The molecule has 2 heterocycles. The van der Waals surface area contributed by atoms with Gasteiger partial charge in [-0.1, -0.05) is 31.2 Å². The third-order valence-corrected chi connectivity index (χ3v) is 4.72. The topological polar surface area (TPSA) is 100 Å². The molecule has 0 saturated carbocycles. The average molecular weight is 348 g/mol. The highest BCUT2D eigenvalue weighted by Crippen LogP contribution is 2.31. The Bertz CT molecular complexity index is 1100. The zero-order chi connectivity index (χ0) is 18.3. The summed E-state index contributed by atoms with van der Waals surface area (Å²) >= 11 is 0. The SMILES string of the molecule is COc1ccc2cc(C(C)Cc3coc4nc(N)nc(N)c34)ccc2c1. The Kier molecular flexibility index (Phi) is 3.88. The van der Waals surface area contributed by atoms with Crippen LogP contribution in [0.5, 0.6) is 5.75 Å². The third kappa shape index (κ3) is 2.79. The fraction of sp³-hybridized carbons (Fsp3) is 0.200. The van der Waals surface area contributed by atoms with E-state index < -0.39 is 0 Å². The third-order valence-electron chi connectivity index (χ3n) is 4.72. The van der Waals surface area contributed by atoms with Gasteiger partial charge in [-0.05, 0) is 40.8 Å². The predicted molar refractivity (Wildman–Crippen MR) is 103 cm³/mol. The van der Waals surface area contributed by atoms with Crippen molar-refractivity contribution in [1.29, 1.82) is 0 Å². The second-order valence-electron chi connectivity index (χ2n) is 6.49. The minimum absolute atomic E-state index is 0.119. The molecule has 4 rings (SSSR count). The molecule has 1 unspecified atom stereocenters. The summed E-state index contributed by atoms with van der Waals surface area (Å²) in [4.78, 5) is 8.15. The molecule has 0 bridgehead atoms. The van der Waals surface area contributed by atoms with Crippen molar-refractivity contribution in [3.63, 3.8) is 0 Å². The highest BCUT2D eigenvalue weighted by molar-refractivity contribution is 5.89. The molecular weight excluding hydrogens is 328 g/mol. The van der Waals surface area contributed by atoms with E-state index in [1.165, 1.54) is 10.9 Å². The molecular formula is C20H20N4O2. The molecule has 2 aromatic heterocycles. The Hall–Kier alpha value is -3.28. The summed E-state index contributed by atoms with van der Waals surface area (Å²) in [7, 11) is 1.68. The Labute approximate surface area is 150 Å². The van der Waals surface area contributed by atoms with Crippen LogP contribution < -0.4 is 16.2 Å². The van der Waals surface area contributed by atoms with E-state index >= 15 is 0 Å². The second-order valence-corrected chi connectivity index (χ2v) is 6.49. The lowest BCUT2D eigenvalue weighted by atomic mass is 9.92. The van der Waals surface area contributed by atoms with Gasteiger partial charge in [-0.3, -0.25) is 0 Å². The van der Waals surface area contributed by atoms with E-state index in [2.05, 4.69) is 41.2 Å². The van der Waals surface area contributed by atoms with Crippen LogP contribution >= 0.6 is 0 Å². The van der Waals surface area contributed by atoms with Crippen molar-refractivity contribution < 1.29 is 9.15 Å². The fourth-order valence-corrected chi connectivity index (χ4v) is 3.32. The van der Waals surface area contributed by atoms with Crippen LogP contribution in [0.1, 0.15) is 24.0 Å². The number of fused-ring (bicyclic) bond motifs is 2. The van der Waals surface area contributed by atoms with Crippen molar-refractivity contribution in [1.82, 2.24) is 9.97 Å². The molecule has 0 aliphatic carbocycles. The Morgan fingerprint density at radius 2 is 1.85 bits per heavy atom. The molecule has 6 nitrogen and oxygen atoms in total. The molecule has 1 atom stereocenters.